The molecular formula is C22H19ClN4O2S. The Kier molecular flexibility index (Phi) is 5.92. The number of hydrogen-bond donors (Lipinski definition) is 0. The molecule has 0 fully saturated rings. The maximum Gasteiger partial charge on any atom is 0.266 e. The zero-order valence-corrected chi connectivity index (χ0v) is 18.0. The Labute approximate surface area is 183 Å². The third kappa shape index (κ3) is 4.27. The lowest BCUT2D eigenvalue weighted by Crippen LogP contribution is -2.36. The fourth-order valence-electron chi connectivity index (χ4n) is 2.92. The van der Waals surface area contributed by atoms with Gasteiger partial charge in [-0.15, -0.1) is 21.5 Å². The number of aromatic nitrogens is 3. The number of halogens is 1. The second kappa shape index (κ2) is 8.77. The van der Waals surface area contributed by atoms with E-state index in [1.54, 1.807) is 17.2 Å². The molecule has 1 amide bonds. The molecule has 0 unspecified atom stereocenters. The first-order valence-corrected chi connectivity index (χ1v) is 10.6. The minimum absolute atomic E-state index is 0.0598. The molecule has 0 aliphatic carbocycles. The van der Waals surface area contributed by atoms with Gasteiger partial charge in [-0.1, -0.05) is 54.1 Å². The van der Waals surface area contributed by atoms with Gasteiger partial charge in [-0.3, -0.25) is 4.79 Å². The third-order valence-electron chi connectivity index (χ3n) is 4.50. The molecule has 0 N–H and O–H groups in total. The largest absolute Gasteiger partial charge is 0.419 e. The Bertz CT molecular complexity index is 1160. The summed E-state index contributed by atoms with van der Waals surface area (Å²) in [6, 6.07) is 17.0. The van der Waals surface area contributed by atoms with Gasteiger partial charge in [0.1, 0.15) is 9.88 Å². The van der Waals surface area contributed by atoms with Gasteiger partial charge in [-0.05, 0) is 26.0 Å². The van der Waals surface area contributed by atoms with Crippen molar-refractivity contribution in [2.24, 2.45) is 0 Å². The molecule has 2 aromatic carbocycles. The Morgan fingerprint density at radius 1 is 1.10 bits per heavy atom. The van der Waals surface area contributed by atoms with Crippen LogP contribution in [-0.2, 0) is 6.54 Å². The average Bonchev–Trinajstić information content (AvgIpc) is 3.42. The van der Waals surface area contributed by atoms with E-state index >= 15 is 0 Å². The lowest BCUT2D eigenvalue weighted by atomic mass is 10.2. The fraction of sp³-hybridized carbons (Fsp3) is 0.182. The summed E-state index contributed by atoms with van der Waals surface area (Å²) < 4.78 is 5.78. The van der Waals surface area contributed by atoms with Crippen molar-refractivity contribution < 1.29 is 9.21 Å². The first kappa shape index (κ1) is 20.3. The molecule has 4 rings (SSSR count). The van der Waals surface area contributed by atoms with Crippen LogP contribution in [0.15, 0.2) is 65.2 Å². The van der Waals surface area contributed by atoms with Crippen LogP contribution in [0.4, 0.5) is 0 Å². The maximum atomic E-state index is 13.2. The van der Waals surface area contributed by atoms with Crippen molar-refractivity contribution in [3.8, 4) is 22.0 Å². The second-order valence-corrected chi connectivity index (χ2v) is 8.34. The topological polar surface area (TPSA) is 72.1 Å². The van der Waals surface area contributed by atoms with E-state index in [-0.39, 0.29) is 18.5 Å². The molecule has 8 heteroatoms. The number of thiazole rings is 1. The van der Waals surface area contributed by atoms with Gasteiger partial charge in [0.15, 0.2) is 0 Å². The zero-order valence-electron chi connectivity index (χ0n) is 16.4. The highest BCUT2D eigenvalue weighted by molar-refractivity contribution is 7.16. The Hall–Kier alpha value is -3.03. The molecule has 0 saturated carbocycles. The predicted octanol–water partition coefficient (Wildman–Crippen LogP) is 5.56. The lowest BCUT2D eigenvalue weighted by Gasteiger charge is -2.24. The van der Waals surface area contributed by atoms with Crippen LogP contribution in [0.3, 0.4) is 0 Å². The third-order valence-corrected chi connectivity index (χ3v) is 5.86. The van der Waals surface area contributed by atoms with Crippen molar-refractivity contribution >= 4 is 28.8 Å². The standard InChI is InChI=1S/C22H19ClN4O2S/c1-14(2)27(13-19-25-26-20(29-19)16-10-6-7-11-17(16)23)22(28)18-12-24-21(30-18)15-8-4-3-5-9-15/h3-12,14H,13H2,1-2H3. The van der Waals surface area contributed by atoms with E-state index in [9.17, 15) is 4.79 Å². The van der Waals surface area contributed by atoms with Crippen LogP contribution in [0.25, 0.3) is 22.0 Å². The number of hydrogen-bond acceptors (Lipinski definition) is 6. The second-order valence-electron chi connectivity index (χ2n) is 6.90. The van der Waals surface area contributed by atoms with Gasteiger partial charge >= 0.3 is 0 Å². The van der Waals surface area contributed by atoms with E-state index in [0.717, 1.165) is 10.6 Å². The van der Waals surface area contributed by atoms with E-state index in [0.29, 0.717) is 27.2 Å². The van der Waals surface area contributed by atoms with Crippen LogP contribution in [0.2, 0.25) is 5.02 Å². The molecule has 0 aliphatic heterocycles. The maximum absolute atomic E-state index is 13.2. The Morgan fingerprint density at radius 3 is 2.57 bits per heavy atom. The molecule has 0 radical (unpaired) electrons. The number of nitrogens with zero attached hydrogens (tertiary/aromatic N) is 4. The van der Waals surface area contributed by atoms with Crippen LogP contribution in [0.5, 0.6) is 0 Å². The summed E-state index contributed by atoms with van der Waals surface area (Å²) in [7, 11) is 0. The fourth-order valence-corrected chi connectivity index (χ4v) is 4.02. The number of carbonyl (C=O) groups excluding carboxylic acids is 1. The first-order chi connectivity index (χ1) is 14.5. The van der Waals surface area contributed by atoms with E-state index in [1.807, 2.05) is 62.4 Å². The predicted molar refractivity (Wildman–Crippen MR) is 117 cm³/mol. The Morgan fingerprint density at radius 2 is 1.83 bits per heavy atom. The molecule has 0 atom stereocenters. The van der Waals surface area contributed by atoms with Gasteiger partial charge in [0.05, 0.1) is 23.3 Å². The van der Waals surface area contributed by atoms with Gasteiger partial charge in [-0.2, -0.15) is 0 Å². The normalized spacial score (nSPS) is 11.1. The molecule has 152 valence electrons. The quantitative estimate of drug-likeness (QED) is 0.393. The summed E-state index contributed by atoms with van der Waals surface area (Å²) in [5.41, 5.74) is 1.65. The Balaban J connectivity index is 1.54. The first-order valence-electron chi connectivity index (χ1n) is 9.42. The van der Waals surface area contributed by atoms with E-state index < -0.39 is 0 Å². The van der Waals surface area contributed by atoms with E-state index in [2.05, 4.69) is 15.2 Å². The van der Waals surface area contributed by atoms with Crippen LogP contribution < -0.4 is 0 Å². The molecule has 2 heterocycles. The summed E-state index contributed by atoms with van der Waals surface area (Å²) in [6.45, 7) is 4.09. The van der Waals surface area contributed by atoms with Crippen molar-refractivity contribution in [1.82, 2.24) is 20.1 Å². The summed E-state index contributed by atoms with van der Waals surface area (Å²) in [5, 5.41) is 9.53. The smallest absolute Gasteiger partial charge is 0.266 e. The molecule has 6 nitrogen and oxygen atoms in total. The van der Waals surface area contributed by atoms with Crippen LogP contribution >= 0.6 is 22.9 Å². The monoisotopic (exact) mass is 438 g/mol. The van der Waals surface area contributed by atoms with E-state index in [4.69, 9.17) is 16.0 Å². The molecule has 0 spiro atoms. The van der Waals surface area contributed by atoms with Crippen molar-refractivity contribution in [3.05, 3.63) is 76.6 Å². The van der Waals surface area contributed by atoms with Crippen LogP contribution in [0, 0.1) is 0 Å². The van der Waals surface area contributed by atoms with Gasteiger partial charge in [0.2, 0.25) is 11.8 Å². The average molecular weight is 439 g/mol. The number of rotatable bonds is 6. The van der Waals surface area contributed by atoms with Gasteiger partial charge in [0, 0.05) is 11.6 Å². The minimum Gasteiger partial charge on any atom is -0.419 e. The summed E-state index contributed by atoms with van der Waals surface area (Å²) in [4.78, 5) is 19.8. The molecule has 30 heavy (non-hydrogen) atoms. The lowest BCUT2D eigenvalue weighted by molar-refractivity contribution is 0.0677. The minimum atomic E-state index is -0.123. The highest BCUT2D eigenvalue weighted by Crippen LogP contribution is 2.28. The summed E-state index contributed by atoms with van der Waals surface area (Å²) >= 11 is 7.58. The molecular weight excluding hydrogens is 420 g/mol. The molecule has 0 bridgehead atoms. The van der Waals surface area contributed by atoms with Gasteiger partial charge in [0.25, 0.3) is 5.91 Å². The van der Waals surface area contributed by atoms with Crippen molar-refractivity contribution in [1.29, 1.82) is 0 Å². The SMILES string of the molecule is CC(C)N(Cc1nnc(-c2ccccc2Cl)o1)C(=O)c1cnc(-c2ccccc2)s1. The molecule has 4 aromatic rings. The van der Waals surface area contributed by atoms with Crippen LogP contribution in [0.1, 0.15) is 29.4 Å². The number of amides is 1. The molecule has 2 aromatic heterocycles. The summed E-state index contributed by atoms with van der Waals surface area (Å²) in [5.74, 6) is 0.554. The van der Waals surface area contributed by atoms with Gasteiger partial charge < -0.3 is 9.32 Å². The van der Waals surface area contributed by atoms with Gasteiger partial charge in [-0.25, -0.2) is 4.98 Å². The number of benzene rings is 2. The highest BCUT2D eigenvalue weighted by Gasteiger charge is 2.24. The van der Waals surface area contributed by atoms with Crippen molar-refractivity contribution in [3.63, 3.8) is 0 Å². The van der Waals surface area contributed by atoms with Crippen LogP contribution in [-0.4, -0.2) is 32.0 Å². The summed E-state index contributed by atoms with van der Waals surface area (Å²) in [6.07, 6.45) is 1.62. The highest BCUT2D eigenvalue weighted by atomic mass is 35.5. The molecule has 0 saturated heterocycles. The van der Waals surface area contributed by atoms with Crippen molar-refractivity contribution in [2.45, 2.75) is 26.4 Å². The number of carbonyl (C=O) groups is 1. The van der Waals surface area contributed by atoms with Crippen molar-refractivity contribution in [2.75, 3.05) is 0 Å². The zero-order chi connectivity index (χ0) is 21.1. The molecule has 0 aliphatic rings. The van der Waals surface area contributed by atoms with E-state index in [1.165, 1.54) is 11.3 Å².